The Morgan fingerprint density at radius 1 is 1.56 bits per heavy atom. The lowest BCUT2D eigenvalue weighted by molar-refractivity contribution is 0.0308. The van der Waals surface area contributed by atoms with Gasteiger partial charge in [-0.3, -0.25) is 0 Å². The van der Waals surface area contributed by atoms with Gasteiger partial charge in [0.2, 0.25) is 0 Å². The molecule has 0 bridgehead atoms. The number of carbonyl (C=O) groups is 1. The van der Waals surface area contributed by atoms with Crippen LogP contribution in [0.2, 0.25) is 0 Å². The number of hydrogen-bond donors (Lipinski definition) is 1. The van der Waals surface area contributed by atoms with E-state index in [1.165, 1.54) is 10.5 Å². The van der Waals surface area contributed by atoms with Gasteiger partial charge in [0.15, 0.2) is 0 Å². The van der Waals surface area contributed by atoms with Gasteiger partial charge in [-0.2, -0.15) is 0 Å². The van der Waals surface area contributed by atoms with Crippen molar-refractivity contribution in [1.29, 1.82) is 0 Å². The molecule has 86 valence electrons. The molecule has 1 heterocycles. The third kappa shape index (κ3) is 2.02. The zero-order valence-corrected chi connectivity index (χ0v) is 10.2. The van der Waals surface area contributed by atoms with Crippen LogP contribution in [-0.4, -0.2) is 16.9 Å². The summed E-state index contributed by atoms with van der Waals surface area (Å²) < 4.78 is 5.27. The molecule has 0 saturated carbocycles. The van der Waals surface area contributed by atoms with E-state index in [0.29, 0.717) is 0 Å². The van der Waals surface area contributed by atoms with E-state index >= 15 is 0 Å². The zero-order chi connectivity index (χ0) is 11.8. The van der Waals surface area contributed by atoms with E-state index in [4.69, 9.17) is 10.5 Å². The molecule has 3 nitrogen and oxygen atoms in total. The summed E-state index contributed by atoms with van der Waals surface area (Å²) in [4.78, 5) is 12.2. The highest BCUT2D eigenvalue weighted by molar-refractivity contribution is 8.00. The molecule has 1 aromatic rings. The molecule has 2 N–H and O–H groups in total. The van der Waals surface area contributed by atoms with Crippen LogP contribution in [0.5, 0.6) is 0 Å². The van der Waals surface area contributed by atoms with Crippen LogP contribution in [0.3, 0.4) is 0 Å². The monoisotopic (exact) mass is 237 g/mol. The van der Waals surface area contributed by atoms with Gasteiger partial charge in [-0.05, 0) is 25.5 Å². The van der Waals surface area contributed by atoms with Gasteiger partial charge in [-0.25, -0.2) is 4.79 Å². The maximum Gasteiger partial charge on any atom is 0.405 e. The summed E-state index contributed by atoms with van der Waals surface area (Å²) in [6.45, 7) is 3.99. The zero-order valence-electron chi connectivity index (χ0n) is 9.40. The van der Waals surface area contributed by atoms with Crippen molar-refractivity contribution >= 4 is 17.9 Å². The SMILES string of the molecule is CC1Sc2ccccc2CC1(C)OC(N)=O. The second-order valence-corrected chi connectivity index (χ2v) is 5.66. The molecule has 2 rings (SSSR count). The molecule has 0 aromatic heterocycles. The summed E-state index contributed by atoms with van der Waals surface area (Å²) in [5.74, 6) is 0. The molecule has 1 aromatic carbocycles. The van der Waals surface area contributed by atoms with Crippen LogP contribution in [0.15, 0.2) is 29.2 Å². The lowest BCUT2D eigenvalue weighted by atomic mass is 9.92. The Morgan fingerprint density at radius 3 is 2.94 bits per heavy atom. The van der Waals surface area contributed by atoms with E-state index in [1.54, 1.807) is 11.8 Å². The second kappa shape index (κ2) is 4.01. The van der Waals surface area contributed by atoms with E-state index in [2.05, 4.69) is 19.1 Å². The van der Waals surface area contributed by atoms with Crippen molar-refractivity contribution in [3.8, 4) is 0 Å². The van der Waals surface area contributed by atoms with Crippen molar-refractivity contribution in [1.82, 2.24) is 0 Å². The quantitative estimate of drug-likeness (QED) is 0.816. The van der Waals surface area contributed by atoms with Crippen molar-refractivity contribution in [3.63, 3.8) is 0 Å². The molecule has 0 spiro atoms. The molecule has 1 aliphatic heterocycles. The van der Waals surface area contributed by atoms with Crippen LogP contribution in [-0.2, 0) is 11.2 Å². The molecule has 0 radical (unpaired) electrons. The average Bonchev–Trinajstić information content (AvgIpc) is 2.18. The predicted molar refractivity (Wildman–Crippen MR) is 64.5 cm³/mol. The highest BCUT2D eigenvalue weighted by Gasteiger charge is 2.39. The fourth-order valence-corrected chi connectivity index (χ4v) is 3.16. The lowest BCUT2D eigenvalue weighted by Crippen LogP contribution is -2.45. The maximum atomic E-state index is 10.9. The minimum atomic E-state index is -0.700. The highest BCUT2D eigenvalue weighted by Crippen LogP contribution is 2.42. The molecule has 0 saturated heterocycles. The number of rotatable bonds is 1. The van der Waals surface area contributed by atoms with E-state index in [9.17, 15) is 4.79 Å². The Hall–Kier alpha value is -1.16. The first-order valence-electron chi connectivity index (χ1n) is 5.24. The minimum Gasteiger partial charge on any atom is -0.442 e. The summed E-state index contributed by atoms with van der Waals surface area (Å²) in [5, 5.41) is 0.204. The second-order valence-electron chi connectivity index (χ2n) is 4.28. The van der Waals surface area contributed by atoms with Gasteiger partial charge in [0, 0.05) is 16.6 Å². The standard InChI is InChI=1S/C12H15NO2S/c1-8-12(2,15-11(13)14)7-9-5-3-4-6-10(9)16-8/h3-6,8H,7H2,1-2H3,(H2,13,14). The first kappa shape index (κ1) is 11.3. The third-order valence-corrected chi connectivity index (χ3v) is 4.52. The topological polar surface area (TPSA) is 52.3 Å². The van der Waals surface area contributed by atoms with Gasteiger partial charge in [-0.1, -0.05) is 18.2 Å². The van der Waals surface area contributed by atoms with Crippen LogP contribution in [0, 0.1) is 0 Å². The smallest absolute Gasteiger partial charge is 0.405 e. The number of fused-ring (bicyclic) bond motifs is 1. The van der Waals surface area contributed by atoms with Gasteiger partial charge in [0.1, 0.15) is 5.60 Å². The molecule has 2 atom stereocenters. The highest BCUT2D eigenvalue weighted by atomic mass is 32.2. The number of ether oxygens (including phenoxy) is 1. The van der Waals surface area contributed by atoms with Gasteiger partial charge in [-0.15, -0.1) is 11.8 Å². The Morgan fingerprint density at radius 2 is 2.25 bits per heavy atom. The number of hydrogen-bond acceptors (Lipinski definition) is 3. The van der Waals surface area contributed by atoms with E-state index in [-0.39, 0.29) is 5.25 Å². The summed E-state index contributed by atoms with van der Waals surface area (Å²) in [6, 6.07) is 8.19. The molecule has 1 amide bonds. The Labute approximate surface area is 99.4 Å². The Kier molecular flexibility index (Phi) is 2.84. The third-order valence-electron chi connectivity index (χ3n) is 3.01. The molecular formula is C12H15NO2S. The van der Waals surface area contributed by atoms with Crippen molar-refractivity contribution < 1.29 is 9.53 Å². The summed E-state index contributed by atoms with van der Waals surface area (Å²) >= 11 is 1.73. The van der Waals surface area contributed by atoms with Crippen LogP contribution >= 0.6 is 11.8 Å². The van der Waals surface area contributed by atoms with E-state index < -0.39 is 11.7 Å². The number of nitrogens with two attached hydrogens (primary N) is 1. The molecular weight excluding hydrogens is 222 g/mol. The van der Waals surface area contributed by atoms with Crippen LogP contribution < -0.4 is 5.73 Å². The molecule has 16 heavy (non-hydrogen) atoms. The number of thioether (sulfide) groups is 1. The summed E-state index contributed by atoms with van der Waals surface area (Å²) in [7, 11) is 0. The van der Waals surface area contributed by atoms with Gasteiger partial charge >= 0.3 is 6.09 Å². The Bertz CT molecular complexity index is 421. The fourth-order valence-electron chi connectivity index (χ4n) is 1.95. The molecule has 0 fully saturated rings. The molecule has 0 aliphatic carbocycles. The number of benzene rings is 1. The van der Waals surface area contributed by atoms with Crippen LogP contribution in [0.1, 0.15) is 19.4 Å². The number of carbonyl (C=O) groups excluding carboxylic acids is 1. The average molecular weight is 237 g/mol. The number of primary amides is 1. The summed E-state index contributed by atoms with van der Waals surface area (Å²) in [5.41, 5.74) is 5.83. The van der Waals surface area contributed by atoms with E-state index in [0.717, 1.165) is 6.42 Å². The molecule has 1 aliphatic rings. The van der Waals surface area contributed by atoms with Gasteiger partial charge in [0.05, 0.1) is 0 Å². The van der Waals surface area contributed by atoms with Crippen LogP contribution in [0.4, 0.5) is 4.79 Å². The van der Waals surface area contributed by atoms with Gasteiger partial charge < -0.3 is 10.5 Å². The largest absolute Gasteiger partial charge is 0.442 e. The first-order valence-corrected chi connectivity index (χ1v) is 6.12. The van der Waals surface area contributed by atoms with E-state index in [1.807, 2.05) is 19.1 Å². The van der Waals surface area contributed by atoms with Crippen LogP contribution in [0.25, 0.3) is 0 Å². The normalized spacial score (nSPS) is 28.2. The van der Waals surface area contributed by atoms with Gasteiger partial charge in [0.25, 0.3) is 0 Å². The van der Waals surface area contributed by atoms with Crippen molar-refractivity contribution in [2.24, 2.45) is 5.73 Å². The van der Waals surface area contributed by atoms with Crippen molar-refractivity contribution in [3.05, 3.63) is 29.8 Å². The molecule has 2 unspecified atom stereocenters. The van der Waals surface area contributed by atoms with Crippen molar-refractivity contribution in [2.45, 2.75) is 36.0 Å². The summed E-state index contributed by atoms with van der Waals surface area (Å²) in [6.07, 6.45) is 0.0228. The maximum absolute atomic E-state index is 10.9. The molecule has 4 heteroatoms. The number of amides is 1. The lowest BCUT2D eigenvalue weighted by Gasteiger charge is -2.38. The fraction of sp³-hybridized carbons (Fsp3) is 0.417. The predicted octanol–water partition coefficient (Wildman–Crippen LogP) is 2.58. The first-order chi connectivity index (χ1) is 7.51. The Balaban J connectivity index is 2.30. The minimum absolute atomic E-state index is 0.204. The van der Waals surface area contributed by atoms with Crippen molar-refractivity contribution in [2.75, 3.05) is 0 Å².